The van der Waals surface area contributed by atoms with Crippen molar-refractivity contribution in [2.24, 2.45) is 17.8 Å². The predicted molar refractivity (Wildman–Crippen MR) is 78.4 cm³/mol. The third-order valence-electron chi connectivity index (χ3n) is 4.47. The van der Waals surface area contributed by atoms with Gasteiger partial charge in [-0.2, -0.15) is 0 Å². The van der Waals surface area contributed by atoms with E-state index in [0.29, 0.717) is 18.4 Å². The van der Waals surface area contributed by atoms with E-state index in [0.717, 1.165) is 31.4 Å². The van der Waals surface area contributed by atoms with Gasteiger partial charge in [0.2, 0.25) is 0 Å². The van der Waals surface area contributed by atoms with E-state index in [1.54, 1.807) is 0 Å². The lowest BCUT2D eigenvalue weighted by Gasteiger charge is -2.37. The molecule has 1 nitrogen and oxygen atoms in total. The maximum absolute atomic E-state index is 14.1. The summed E-state index contributed by atoms with van der Waals surface area (Å²) >= 11 is 0. The number of nitrogens with one attached hydrogen (secondary N) is 1. The zero-order valence-electron chi connectivity index (χ0n) is 12.9. The summed E-state index contributed by atoms with van der Waals surface area (Å²) in [7, 11) is 0. The third-order valence-corrected chi connectivity index (χ3v) is 4.47. The molecule has 0 aliphatic heterocycles. The number of halogens is 3. The van der Waals surface area contributed by atoms with Gasteiger partial charge in [-0.3, -0.25) is 0 Å². The Morgan fingerprint density at radius 3 is 2.05 bits per heavy atom. The summed E-state index contributed by atoms with van der Waals surface area (Å²) in [5.41, 5.74) is -0.00968. The Bertz CT molecular complexity index is 456. The zero-order valence-corrected chi connectivity index (χ0v) is 12.9. The van der Waals surface area contributed by atoms with E-state index in [9.17, 15) is 13.2 Å². The lowest BCUT2D eigenvalue weighted by Crippen LogP contribution is -2.34. The first kappa shape index (κ1) is 16.3. The Balaban J connectivity index is 2.35. The summed E-state index contributed by atoms with van der Waals surface area (Å²) < 4.78 is 41.4. The molecule has 1 aliphatic carbocycles. The minimum Gasteiger partial charge on any atom is -0.310 e. The van der Waals surface area contributed by atoms with Crippen molar-refractivity contribution < 1.29 is 13.2 Å². The van der Waals surface area contributed by atoms with E-state index in [1.807, 2.05) is 6.92 Å². The fourth-order valence-corrected chi connectivity index (χ4v) is 3.86. The van der Waals surface area contributed by atoms with E-state index in [4.69, 9.17) is 0 Å². The van der Waals surface area contributed by atoms with E-state index in [2.05, 4.69) is 19.2 Å². The molecule has 0 spiro atoms. The van der Waals surface area contributed by atoms with Crippen molar-refractivity contribution in [3.63, 3.8) is 0 Å². The Morgan fingerprint density at radius 1 is 1.05 bits per heavy atom. The highest BCUT2D eigenvalue weighted by atomic mass is 19.1. The summed E-state index contributed by atoms with van der Waals surface area (Å²) in [5.74, 6) is -1.17. The first-order chi connectivity index (χ1) is 9.92. The fraction of sp³-hybridized carbons (Fsp3) is 0.647. The summed E-state index contributed by atoms with van der Waals surface area (Å²) in [6.45, 7) is 6.91. The van der Waals surface area contributed by atoms with Crippen molar-refractivity contribution in [1.82, 2.24) is 5.32 Å². The highest BCUT2D eigenvalue weighted by Gasteiger charge is 2.33. The van der Waals surface area contributed by atoms with Gasteiger partial charge in [0.15, 0.2) is 0 Å². The van der Waals surface area contributed by atoms with Crippen LogP contribution in [0.25, 0.3) is 0 Å². The maximum atomic E-state index is 14.1. The molecule has 3 unspecified atom stereocenters. The van der Waals surface area contributed by atoms with Gasteiger partial charge in [-0.15, -0.1) is 0 Å². The van der Waals surface area contributed by atoms with Gasteiger partial charge in [-0.05, 0) is 43.6 Å². The van der Waals surface area contributed by atoms with Crippen molar-refractivity contribution in [1.29, 1.82) is 0 Å². The first-order valence-electron chi connectivity index (χ1n) is 7.80. The molecule has 1 aromatic carbocycles. The minimum absolute atomic E-state index is 0.00968. The second-order valence-electron chi connectivity index (χ2n) is 6.50. The Labute approximate surface area is 124 Å². The maximum Gasteiger partial charge on any atom is 0.133 e. The average Bonchev–Trinajstić information content (AvgIpc) is 2.35. The van der Waals surface area contributed by atoms with Crippen LogP contribution < -0.4 is 5.32 Å². The van der Waals surface area contributed by atoms with Gasteiger partial charge in [-0.25, -0.2) is 13.2 Å². The van der Waals surface area contributed by atoms with Crippen LogP contribution in [0.1, 0.15) is 51.6 Å². The van der Waals surface area contributed by atoms with Gasteiger partial charge >= 0.3 is 0 Å². The normalized spacial score (nSPS) is 27.6. The van der Waals surface area contributed by atoms with Crippen LogP contribution in [-0.4, -0.2) is 6.54 Å². The fourth-order valence-electron chi connectivity index (χ4n) is 3.86. The molecule has 118 valence electrons. The molecular weight excluding hydrogens is 275 g/mol. The summed E-state index contributed by atoms with van der Waals surface area (Å²) in [6, 6.07) is 1.16. The molecule has 21 heavy (non-hydrogen) atoms. The SMILES string of the molecule is CCNC(c1c(F)cc(F)cc1F)C1CC(C)CC(C)C1. The predicted octanol–water partition coefficient (Wildman–Crippen LogP) is 4.83. The van der Waals surface area contributed by atoms with Gasteiger partial charge in [0.05, 0.1) is 0 Å². The van der Waals surface area contributed by atoms with Crippen LogP contribution in [0, 0.1) is 35.2 Å². The third kappa shape index (κ3) is 3.79. The van der Waals surface area contributed by atoms with Gasteiger partial charge in [0.25, 0.3) is 0 Å². The molecule has 2 rings (SSSR count). The number of hydrogen-bond donors (Lipinski definition) is 1. The molecule has 1 fully saturated rings. The standard InChI is InChI=1S/C17H24F3N/c1-4-21-17(12-6-10(2)5-11(3)7-12)16-14(19)8-13(18)9-15(16)20/h8-12,17,21H,4-7H2,1-3H3. The van der Waals surface area contributed by atoms with Crippen molar-refractivity contribution in [3.05, 3.63) is 35.1 Å². The average molecular weight is 299 g/mol. The molecule has 0 bridgehead atoms. The molecular formula is C17H24F3N. The van der Waals surface area contributed by atoms with Gasteiger partial charge in [-0.1, -0.05) is 20.8 Å². The van der Waals surface area contributed by atoms with Crippen molar-refractivity contribution in [2.45, 2.75) is 46.1 Å². The largest absolute Gasteiger partial charge is 0.310 e. The summed E-state index contributed by atoms with van der Waals surface area (Å²) in [5, 5.41) is 3.21. The second kappa shape index (κ2) is 6.82. The zero-order chi connectivity index (χ0) is 15.6. The molecule has 1 aromatic rings. The number of benzene rings is 1. The quantitative estimate of drug-likeness (QED) is 0.840. The molecule has 1 N–H and O–H groups in total. The van der Waals surface area contributed by atoms with Gasteiger partial charge in [0.1, 0.15) is 17.5 Å². The molecule has 3 atom stereocenters. The monoisotopic (exact) mass is 299 g/mol. The Kier molecular flexibility index (Phi) is 5.31. The Hall–Kier alpha value is -1.03. The molecule has 0 amide bonds. The van der Waals surface area contributed by atoms with Crippen LogP contribution in [0.3, 0.4) is 0 Å². The minimum atomic E-state index is -0.866. The van der Waals surface area contributed by atoms with Crippen LogP contribution in [0.15, 0.2) is 12.1 Å². The van der Waals surface area contributed by atoms with Crippen molar-refractivity contribution in [3.8, 4) is 0 Å². The van der Waals surface area contributed by atoms with Crippen LogP contribution >= 0.6 is 0 Å². The molecule has 0 heterocycles. The molecule has 1 saturated carbocycles. The number of hydrogen-bond acceptors (Lipinski definition) is 1. The second-order valence-corrected chi connectivity index (χ2v) is 6.50. The van der Waals surface area contributed by atoms with Gasteiger partial charge in [0, 0.05) is 23.7 Å². The van der Waals surface area contributed by atoms with Crippen LogP contribution in [0.2, 0.25) is 0 Å². The first-order valence-corrected chi connectivity index (χ1v) is 7.80. The van der Waals surface area contributed by atoms with Crippen LogP contribution in [-0.2, 0) is 0 Å². The molecule has 0 saturated heterocycles. The number of rotatable bonds is 4. The van der Waals surface area contributed by atoms with Gasteiger partial charge < -0.3 is 5.32 Å². The molecule has 0 aromatic heterocycles. The highest BCUT2D eigenvalue weighted by Crippen LogP contribution is 2.41. The van der Waals surface area contributed by atoms with E-state index in [-0.39, 0.29) is 17.5 Å². The van der Waals surface area contributed by atoms with E-state index >= 15 is 0 Å². The topological polar surface area (TPSA) is 12.0 Å². The Morgan fingerprint density at radius 2 is 1.57 bits per heavy atom. The lowest BCUT2D eigenvalue weighted by atomic mass is 9.72. The van der Waals surface area contributed by atoms with E-state index in [1.165, 1.54) is 0 Å². The summed E-state index contributed by atoms with van der Waals surface area (Å²) in [6.07, 6.45) is 3.04. The van der Waals surface area contributed by atoms with Crippen LogP contribution in [0.5, 0.6) is 0 Å². The smallest absolute Gasteiger partial charge is 0.133 e. The highest BCUT2D eigenvalue weighted by molar-refractivity contribution is 5.25. The summed E-state index contributed by atoms with van der Waals surface area (Å²) in [4.78, 5) is 0. The van der Waals surface area contributed by atoms with Crippen LogP contribution in [0.4, 0.5) is 13.2 Å². The molecule has 4 heteroatoms. The molecule has 0 radical (unpaired) electrons. The van der Waals surface area contributed by atoms with E-state index < -0.39 is 17.5 Å². The van der Waals surface area contributed by atoms with Crippen molar-refractivity contribution >= 4 is 0 Å². The van der Waals surface area contributed by atoms with Crippen molar-refractivity contribution in [2.75, 3.05) is 6.54 Å². The molecule has 1 aliphatic rings. The lowest BCUT2D eigenvalue weighted by molar-refractivity contribution is 0.173.